The van der Waals surface area contributed by atoms with Gasteiger partial charge in [0.25, 0.3) is 11.6 Å². The highest BCUT2D eigenvalue weighted by atomic mass is 32.2. The van der Waals surface area contributed by atoms with Gasteiger partial charge in [-0.3, -0.25) is 14.9 Å². The summed E-state index contributed by atoms with van der Waals surface area (Å²) in [5.74, 6) is -0.302. The van der Waals surface area contributed by atoms with Crippen molar-refractivity contribution < 1.29 is 9.72 Å². The third-order valence-corrected chi connectivity index (χ3v) is 3.84. The summed E-state index contributed by atoms with van der Waals surface area (Å²) in [5.41, 5.74) is 0.740. The Bertz CT molecular complexity index is 650. The van der Waals surface area contributed by atoms with Gasteiger partial charge in [-0.25, -0.2) is 0 Å². The van der Waals surface area contributed by atoms with Crippen LogP contribution < -0.4 is 0 Å². The van der Waals surface area contributed by atoms with Crippen molar-refractivity contribution in [1.29, 1.82) is 0 Å². The summed E-state index contributed by atoms with van der Waals surface area (Å²) in [5, 5.41) is 11.2. The molecule has 0 radical (unpaired) electrons. The zero-order chi connectivity index (χ0) is 15.4. The molecule has 0 unspecified atom stereocenters. The maximum atomic E-state index is 11.8. The molecule has 0 spiro atoms. The van der Waals surface area contributed by atoms with E-state index in [1.54, 1.807) is 24.3 Å². The molecule has 108 valence electrons. The average molecular weight is 303 g/mol. The second-order valence-corrected chi connectivity index (χ2v) is 5.34. The maximum Gasteiger partial charge on any atom is 0.286 e. The molecule has 21 heavy (non-hydrogen) atoms. The van der Waals surface area contributed by atoms with Gasteiger partial charge in [0.1, 0.15) is 0 Å². The van der Waals surface area contributed by atoms with Gasteiger partial charge in [-0.05, 0) is 35.5 Å². The van der Waals surface area contributed by atoms with Gasteiger partial charge < -0.3 is 4.90 Å². The Kier molecular flexibility index (Phi) is 4.54. The van der Waals surface area contributed by atoms with Gasteiger partial charge in [-0.1, -0.05) is 6.08 Å². The van der Waals surface area contributed by atoms with Crippen LogP contribution in [0.25, 0.3) is 6.08 Å². The Morgan fingerprint density at radius 1 is 1.43 bits per heavy atom. The Hall–Kier alpha value is -2.41. The van der Waals surface area contributed by atoms with Crippen LogP contribution in [-0.2, 0) is 4.79 Å². The largest absolute Gasteiger partial charge is 0.350 e. The van der Waals surface area contributed by atoms with Gasteiger partial charge >= 0.3 is 0 Å². The van der Waals surface area contributed by atoms with E-state index in [9.17, 15) is 14.9 Å². The molecule has 1 aliphatic rings. The van der Waals surface area contributed by atoms with Crippen LogP contribution in [0.3, 0.4) is 0 Å². The van der Waals surface area contributed by atoms with Crippen molar-refractivity contribution in [3.05, 3.63) is 57.5 Å². The minimum absolute atomic E-state index is 0.0187. The minimum Gasteiger partial charge on any atom is -0.350 e. The van der Waals surface area contributed by atoms with Gasteiger partial charge in [-0.2, -0.15) is 4.99 Å². The van der Waals surface area contributed by atoms with Crippen molar-refractivity contribution in [3.8, 4) is 0 Å². The van der Waals surface area contributed by atoms with E-state index in [4.69, 9.17) is 0 Å². The van der Waals surface area contributed by atoms with E-state index < -0.39 is 4.92 Å². The Morgan fingerprint density at radius 2 is 2.10 bits per heavy atom. The topological polar surface area (TPSA) is 75.8 Å². The number of carbonyl (C=O) groups excluding carboxylic acids is 1. The molecule has 0 aliphatic carbocycles. The molecule has 1 aromatic rings. The normalized spacial score (nSPS) is 16.0. The number of nitro benzene ring substituents is 1. The Balaban J connectivity index is 2.14. The number of nitrogens with zero attached hydrogens (tertiary/aromatic N) is 3. The summed E-state index contributed by atoms with van der Waals surface area (Å²) >= 11 is 1.28. The van der Waals surface area contributed by atoms with Gasteiger partial charge in [0, 0.05) is 25.7 Å². The number of thioether (sulfide) groups is 1. The predicted octanol–water partition coefficient (Wildman–Crippen LogP) is 2.68. The third kappa shape index (κ3) is 3.57. The van der Waals surface area contributed by atoms with Crippen LogP contribution in [0.5, 0.6) is 0 Å². The third-order valence-electron chi connectivity index (χ3n) is 2.74. The molecule has 1 heterocycles. The highest BCUT2D eigenvalue weighted by Crippen LogP contribution is 2.29. The molecular formula is C14H13N3O3S. The van der Waals surface area contributed by atoms with Crippen LogP contribution in [0.4, 0.5) is 5.69 Å². The molecule has 1 aromatic carbocycles. The van der Waals surface area contributed by atoms with Crippen molar-refractivity contribution >= 4 is 34.6 Å². The predicted molar refractivity (Wildman–Crippen MR) is 83.9 cm³/mol. The molecule has 0 fully saturated rings. The molecule has 7 heteroatoms. The number of benzene rings is 1. The number of hydrogen-bond acceptors (Lipinski definition) is 5. The SMILES string of the molecule is C=CCN(C)C1=NC(=O)/C(=C/c2ccc([N+](=O)[O-])cc2)S1. The lowest BCUT2D eigenvalue weighted by Gasteiger charge is -2.14. The summed E-state index contributed by atoms with van der Waals surface area (Å²) in [6, 6.07) is 6.01. The highest BCUT2D eigenvalue weighted by Gasteiger charge is 2.23. The maximum absolute atomic E-state index is 11.8. The lowest BCUT2D eigenvalue weighted by Crippen LogP contribution is -2.22. The van der Waals surface area contributed by atoms with Crippen molar-refractivity contribution in [2.75, 3.05) is 13.6 Å². The fourth-order valence-electron chi connectivity index (χ4n) is 1.68. The molecule has 1 amide bonds. The molecular weight excluding hydrogens is 290 g/mol. The fourth-order valence-corrected chi connectivity index (χ4v) is 2.56. The van der Waals surface area contributed by atoms with Gasteiger partial charge in [0.05, 0.1) is 9.83 Å². The molecule has 1 aliphatic heterocycles. The molecule has 0 bridgehead atoms. The lowest BCUT2D eigenvalue weighted by atomic mass is 10.2. The summed E-state index contributed by atoms with van der Waals surface area (Å²) < 4.78 is 0. The van der Waals surface area contributed by atoms with Crippen molar-refractivity contribution in [3.63, 3.8) is 0 Å². The first-order valence-electron chi connectivity index (χ1n) is 6.10. The number of amidine groups is 1. The van der Waals surface area contributed by atoms with Crippen molar-refractivity contribution in [2.24, 2.45) is 4.99 Å². The first-order valence-corrected chi connectivity index (χ1v) is 6.92. The quantitative estimate of drug-likeness (QED) is 0.370. The highest BCUT2D eigenvalue weighted by molar-refractivity contribution is 8.18. The first kappa shape index (κ1) is 15.0. The van der Waals surface area contributed by atoms with Crippen LogP contribution in [0.15, 0.2) is 46.8 Å². The average Bonchev–Trinajstić information content (AvgIpc) is 2.81. The summed E-state index contributed by atoms with van der Waals surface area (Å²) in [4.78, 5) is 28.3. The number of non-ortho nitro benzene ring substituents is 1. The standard InChI is InChI=1S/C14H13N3O3S/c1-3-8-16(2)14-15-13(18)12(21-14)9-10-4-6-11(7-5-10)17(19)20/h3-7,9H,1,8H2,2H3/b12-9-. The molecule has 0 N–H and O–H groups in total. The van der Waals surface area contributed by atoms with Crippen LogP contribution in [-0.4, -0.2) is 34.5 Å². The van der Waals surface area contributed by atoms with Crippen LogP contribution in [0, 0.1) is 10.1 Å². The fraction of sp³-hybridized carbons (Fsp3) is 0.143. The smallest absolute Gasteiger partial charge is 0.286 e. The second-order valence-electron chi connectivity index (χ2n) is 4.33. The number of rotatable bonds is 4. The molecule has 0 atom stereocenters. The second kappa shape index (κ2) is 6.36. The minimum atomic E-state index is -0.460. The lowest BCUT2D eigenvalue weighted by molar-refractivity contribution is -0.384. The molecule has 6 nitrogen and oxygen atoms in total. The number of hydrogen-bond donors (Lipinski definition) is 0. The van der Waals surface area contributed by atoms with E-state index in [1.807, 2.05) is 11.9 Å². The van der Waals surface area contributed by atoms with Crippen LogP contribution in [0.1, 0.15) is 5.56 Å². The van der Waals surface area contributed by atoms with Crippen molar-refractivity contribution in [2.45, 2.75) is 0 Å². The summed E-state index contributed by atoms with van der Waals surface area (Å²) in [6.45, 7) is 4.24. The van der Waals surface area contributed by atoms with Crippen molar-refractivity contribution in [1.82, 2.24) is 4.90 Å². The van der Waals surface area contributed by atoms with Gasteiger partial charge in [-0.15, -0.1) is 6.58 Å². The number of aliphatic imine (C=N–C) groups is 1. The van der Waals surface area contributed by atoms with Gasteiger partial charge in [0.15, 0.2) is 5.17 Å². The summed E-state index contributed by atoms with van der Waals surface area (Å²) in [7, 11) is 1.83. The monoisotopic (exact) mass is 303 g/mol. The van der Waals surface area contributed by atoms with E-state index in [1.165, 1.54) is 23.9 Å². The molecule has 2 rings (SSSR count). The van der Waals surface area contributed by atoms with Crippen LogP contribution >= 0.6 is 11.8 Å². The van der Waals surface area contributed by atoms with Crippen LogP contribution in [0.2, 0.25) is 0 Å². The van der Waals surface area contributed by atoms with E-state index in [0.717, 1.165) is 5.56 Å². The van der Waals surface area contributed by atoms with E-state index in [2.05, 4.69) is 11.6 Å². The zero-order valence-electron chi connectivity index (χ0n) is 11.4. The number of carbonyl (C=O) groups is 1. The zero-order valence-corrected chi connectivity index (χ0v) is 12.2. The number of nitro groups is 1. The van der Waals surface area contributed by atoms with E-state index in [-0.39, 0.29) is 11.6 Å². The number of amides is 1. The summed E-state index contributed by atoms with van der Waals surface area (Å²) in [6.07, 6.45) is 3.40. The van der Waals surface area contributed by atoms with Gasteiger partial charge in [0.2, 0.25) is 0 Å². The number of likely N-dealkylation sites (N-methyl/N-ethyl adjacent to an activating group) is 1. The molecule has 0 saturated heterocycles. The molecule has 0 saturated carbocycles. The van der Waals surface area contributed by atoms with E-state index >= 15 is 0 Å². The Morgan fingerprint density at radius 3 is 2.67 bits per heavy atom. The molecule has 0 aromatic heterocycles. The van der Waals surface area contributed by atoms with E-state index in [0.29, 0.717) is 16.6 Å². The Labute approximate surface area is 126 Å². The first-order chi connectivity index (χ1) is 10.0.